The van der Waals surface area contributed by atoms with E-state index in [1.54, 1.807) is 17.5 Å². The van der Waals surface area contributed by atoms with Crippen LogP contribution < -0.4 is 0 Å². The van der Waals surface area contributed by atoms with Gasteiger partial charge in [0.2, 0.25) is 0 Å². The summed E-state index contributed by atoms with van der Waals surface area (Å²) in [6, 6.07) is 3.64. The highest BCUT2D eigenvalue weighted by Gasteiger charge is 2.34. The molecule has 1 amide bonds. The van der Waals surface area contributed by atoms with Crippen LogP contribution in [0.1, 0.15) is 46.0 Å². The van der Waals surface area contributed by atoms with E-state index in [1.165, 1.54) is 15.6 Å². The van der Waals surface area contributed by atoms with Crippen molar-refractivity contribution in [2.24, 2.45) is 5.92 Å². The summed E-state index contributed by atoms with van der Waals surface area (Å²) in [5, 5.41) is 1.73. The van der Waals surface area contributed by atoms with Crippen molar-refractivity contribution in [2.45, 2.75) is 62.2 Å². The number of thiophene rings is 1. The number of nitrogens with zero attached hydrogens (tertiary/aromatic N) is 2. The Labute approximate surface area is 170 Å². The Morgan fingerprint density at radius 3 is 2.36 bits per heavy atom. The number of carbonyl (C=O) groups is 2. The van der Waals surface area contributed by atoms with Crippen molar-refractivity contribution in [1.82, 2.24) is 9.21 Å². The molecule has 0 N–H and O–H groups in total. The van der Waals surface area contributed by atoms with Gasteiger partial charge in [0.1, 0.15) is 4.21 Å². The fraction of sp³-hybridized carbons (Fsp3) is 0.684. The summed E-state index contributed by atoms with van der Waals surface area (Å²) in [5.74, 6) is -0.914. The van der Waals surface area contributed by atoms with Gasteiger partial charge in [0.25, 0.3) is 15.9 Å². The zero-order valence-electron chi connectivity index (χ0n) is 16.4. The smallest absolute Gasteiger partial charge is 0.309 e. The fourth-order valence-corrected chi connectivity index (χ4v) is 6.72. The molecule has 1 aromatic rings. The van der Waals surface area contributed by atoms with E-state index in [2.05, 4.69) is 0 Å². The van der Waals surface area contributed by atoms with Crippen molar-refractivity contribution in [2.75, 3.05) is 19.7 Å². The van der Waals surface area contributed by atoms with Gasteiger partial charge in [-0.1, -0.05) is 6.07 Å². The highest BCUT2D eigenvalue weighted by molar-refractivity contribution is 7.91. The van der Waals surface area contributed by atoms with Crippen molar-refractivity contribution >= 4 is 33.2 Å². The second-order valence-electron chi connectivity index (χ2n) is 7.65. The lowest BCUT2D eigenvalue weighted by Crippen LogP contribution is -2.49. The predicted molar refractivity (Wildman–Crippen MR) is 106 cm³/mol. The van der Waals surface area contributed by atoms with Crippen molar-refractivity contribution in [3.8, 4) is 0 Å². The van der Waals surface area contributed by atoms with Crippen LogP contribution in [0.25, 0.3) is 0 Å². The van der Waals surface area contributed by atoms with Gasteiger partial charge in [-0.3, -0.25) is 9.59 Å². The number of likely N-dealkylation sites (tertiary alicyclic amines) is 1. The molecule has 3 rings (SSSR count). The van der Waals surface area contributed by atoms with Gasteiger partial charge in [0.05, 0.1) is 5.92 Å². The molecular formula is C19H28N2O5S2. The lowest BCUT2D eigenvalue weighted by molar-refractivity contribution is -0.158. The summed E-state index contributed by atoms with van der Waals surface area (Å²) in [4.78, 5) is 26.7. The maximum Gasteiger partial charge on any atom is 0.309 e. The Balaban J connectivity index is 1.48. The third-order valence-electron chi connectivity index (χ3n) is 5.70. The monoisotopic (exact) mass is 428 g/mol. The van der Waals surface area contributed by atoms with Crippen molar-refractivity contribution in [3.63, 3.8) is 0 Å². The van der Waals surface area contributed by atoms with Crippen LogP contribution in [0.2, 0.25) is 0 Å². The number of hydrogen-bond acceptors (Lipinski definition) is 6. The third-order valence-corrected chi connectivity index (χ3v) is 8.97. The summed E-state index contributed by atoms with van der Waals surface area (Å²) in [5.41, 5.74) is 0. The molecule has 0 aliphatic carbocycles. The Hall–Kier alpha value is -1.45. The molecular weight excluding hydrogens is 400 g/mol. The van der Waals surface area contributed by atoms with E-state index in [9.17, 15) is 18.0 Å². The van der Waals surface area contributed by atoms with Gasteiger partial charge >= 0.3 is 5.97 Å². The minimum Gasteiger partial charge on any atom is -0.455 e. The Morgan fingerprint density at radius 1 is 1.14 bits per heavy atom. The molecule has 0 spiro atoms. The zero-order valence-corrected chi connectivity index (χ0v) is 18.0. The Bertz CT molecular complexity index is 775. The van der Waals surface area contributed by atoms with Crippen LogP contribution in [0, 0.1) is 5.92 Å². The van der Waals surface area contributed by atoms with Gasteiger partial charge in [-0.2, -0.15) is 4.31 Å². The average Bonchev–Trinajstić information content (AvgIpc) is 3.22. The minimum absolute atomic E-state index is 0.147. The number of rotatable bonds is 5. The van der Waals surface area contributed by atoms with Gasteiger partial charge in [0, 0.05) is 25.2 Å². The van der Waals surface area contributed by atoms with Crippen molar-refractivity contribution in [1.29, 1.82) is 0 Å². The molecule has 0 unspecified atom stereocenters. The van der Waals surface area contributed by atoms with Crippen LogP contribution >= 0.6 is 11.3 Å². The first-order valence-corrected chi connectivity index (χ1v) is 12.1. The van der Waals surface area contributed by atoms with E-state index < -0.39 is 16.0 Å². The number of carbonyl (C=O) groups excluding carboxylic acids is 2. The number of hydrogen-bond donors (Lipinski definition) is 0. The molecule has 2 aliphatic heterocycles. The van der Waals surface area contributed by atoms with Crippen molar-refractivity contribution in [3.05, 3.63) is 17.5 Å². The van der Waals surface area contributed by atoms with E-state index in [0.717, 1.165) is 19.3 Å². The van der Waals surface area contributed by atoms with Crippen LogP contribution in [-0.4, -0.2) is 61.3 Å². The molecule has 0 saturated carbocycles. The van der Waals surface area contributed by atoms with Gasteiger partial charge in [0.15, 0.2) is 6.61 Å². The fourth-order valence-electron chi connectivity index (χ4n) is 4.11. The van der Waals surface area contributed by atoms with E-state index in [4.69, 9.17) is 4.74 Å². The highest BCUT2D eigenvalue weighted by atomic mass is 32.2. The van der Waals surface area contributed by atoms with Crippen LogP contribution in [0.4, 0.5) is 0 Å². The number of esters is 1. The maximum absolute atomic E-state index is 12.5. The maximum atomic E-state index is 12.5. The molecule has 7 nitrogen and oxygen atoms in total. The molecule has 28 heavy (non-hydrogen) atoms. The molecule has 2 aliphatic rings. The molecule has 0 aromatic carbocycles. The second kappa shape index (κ2) is 8.92. The van der Waals surface area contributed by atoms with E-state index >= 15 is 0 Å². The number of sulfonamides is 1. The summed E-state index contributed by atoms with van der Waals surface area (Å²) in [6.45, 7) is 4.39. The normalized spacial score (nSPS) is 24.9. The molecule has 1 aromatic heterocycles. The molecule has 0 bridgehead atoms. The highest BCUT2D eigenvalue weighted by Crippen LogP contribution is 2.27. The molecule has 2 fully saturated rings. The molecule has 156 valence electrons. The first-order valence-electron chi connectivity index (χ1n) is 9.82. The first kappa shape index (κ1) is 21.3. The number of amides is 1. The van der Waals surface area contributed by atoms with Gasteiger partial charge in [-0.25, -0.2) is 8.42 Å². The van der Waals surface area contributed by atoms with Crippen molar-refractivity contribution < 1.29 is 22.7 Å². The van der Waals surface area contributed by atoms with Crippen LogP contribution in [0.5, 0.6) is 0 Å². The van der Waals surface area contributed by atoms with Crippen LogP contribution in [-0.2, 0) is 24.3 Å². The predicted octanol–water partition coefficient (Wildman–Crippen LogP) is 2.48. The minimum atomic E-state index is -3.48. The summed E-state index contributed by atoms with van der Waals surface area (Å²) < 4.78 is 32.1. The summed E-state index contributed by atoms with van der Waals surface area (Å²) in [7, 11) is -3.48. The molecule has 0 radical (unpaired) electrons. The first-order chi connectivity index (χ1) is 13.3. The SMILES string of the molecule is C[C@H]1CCC[C@H](C)N1C(=O)COC(=O)C1CCN(S(=O)(=O)c2cccs2)CC1. The van der Waals surface area contributed by atoms with E-state index in [1.807, 2.05) is 18.7 Å². The van der Waals surface area contributed by atoms with E-state index in [-0.39, 0.29) is 43.6 Å². The molecule has 3 heterocycles. The van der Waals surface area contributed by atoms with E-state index in [0.29, 0.717) is 17.1 Å². The average molecular weight is 429 g/mol. The second-order valence-corrected chi connectivity index (χ2v) is 10.8. The largest absolute Gasteiger partial charge is 0.455 e. The number of ether oxygens (including phenoxy) is 1. The van der Waals surface area contributed by atoms with Gasteiger partial charge in [-0.15, -0.1) is 11.3 Å². The lowest BCUT2D eigenvalue weighted by atomic mass is 9.97. The summed E-state index contributed by atoms with van der Waals surface area (Å²) >= 11 is 1.19. The zero-order chi connectivity index (χ0) is 20.3. The van der Waals surface area contributed by atoms with Gasteiger partial charge < -0.3 is 9.64 Å². The summed E-state index contributed by atoms with van der Waals surface area (Å²) in [6.07, 6.45) is 3.88. The molecule has 2 atom stereocenters. The Morgan fingerprint density at radius 2 is 1.79 bits per heavy atom. The third kappa shape index (κ3) is 4.58. The topological polar surface area (TPSA) is 84.0 Å². The van der Waals surface area contributed by atoms with Crippen LogP contribution in [0.15, 0.2) is 21.7 Å². The van der Waals surface area contributed by atoms with Crippen LogP contribution in [0.3, 0.4) is 0 Å². The molecule has 9 heteroatoms. The quantitative estimate of drug-likeness (QED) is 0.673. The van der Waals surface area contributed by atoms with Gasteiger partial charge in [-0.05, 0) is 57.4 Å². The Kier molecular flexibility index (Phi) is 6.77. The standard InChI is InChI=1S/C19H28N2O5S2/c1-14-5-3-6-15(2)21(14)17(22)13-26-19(23)16-8-10-20(11-9-16)28(24,25)18-7-4-12-27-18/h4,7,12,14-16H,3,5-6,8-11,13H2,1-2H3/t14-,15-/m0/s1. The number of piperidine rings is 2. The lowest BCUT2D eigenvalue weighted by Gasteiger charge is -2.39. The molecule has 2 saturated heterocycles.